The Morgan fingerprint density at radius 1 is 1.33 bits per heavy atom. The summed E-state index contributed by atoms with van der Waals surface area (Å²) in [7, 11) is 0. The molecule has 3 rings (SSSR count). The number of hydrogen-bond donors (Lipinski definition) is 3. The summed E-state index contributed by atoms with van der Waals surface area (Å²) in [5, 5.41) is 22.1. The number of carbonyl (C=O) groups is 1. The summed E-state index contributed by atoms with van der Waals surface area (Å²) in [4.78, 5) is 18.8. The number of hydrogen-bond acceptors (Lipinski definition) is 7. The lowest BCUT2D eigenvalue weighted by molar-refractivity contribution is -0.107. The van der Waals surface area contributed by atoms with Crippen LogP contribution in [0.1, 0.15) is 16.8 Å². The molecule has 0 bridgehead atoms. The number of ether oxygens (including phenoxy) is 2. The molecule has 1 amide bonds. The van der Waals surface area contributed by atoms with Crippen LogP contribution in [-0.2, 0) is 9.47 Å². The van der Waals surface area contributed by atoms with Crippen LogP contribution in [0, 0.1) is 0 Å². The first-order chi connectivity index (χ1) is 11.7. The molecule has 0 radical (unpaired) electrons. The highest BCUT2D eigenvalue weighted by Gasteiger charge is 2.33. The van der Waals surface area contributed by atoms with Gasteiger partial charge in [0, 0.05) is 25.9 Å². The highest BCUT2D eigenvalue weighted by atomic mass is 16.5. The summed E-state index contributed by atoms with van der Waals surface area (Å²) in [6.07, 6.45) is 0.456. The number of aliphatic hydroxyl groups excluding tert-OH is 2. The zero-order valence-electron chi connectivity index (χ0n) is 13.4. The van der Waals surface area contributed by atoms with E-state index in [9.17, 15) is 9.90 Å². The van der Waals surface area contributed by atoms with Gasteiger partial charge < -0.3 is 29.9 Å². The van der Waals surface area contributed by atoms with Crippen molar-refractivity contribution in [2.75, 3.05) is 44.4 Å². The Balaban J connectivity index is 1.60. The first-order valence-electron chi connectivity index (χ1n) is 8.19. The summed E-state index contributed by atoms with van der Waals surface area (Å²) in [5.74, 6) is 0.528. The van der Waals surface area contributed by atoms with Gasteiger partial charge in [-0.3, -0.25) is 4.79 Å². The number of aliphatic hydroxyl groups is 2. The molecule has 1 aromatic rings. The van der Waals surface area contributed by atoms with Crippen molar-refractivity contribution in [1.82, 2.24) is 10.3 Å². The quantitative estimate of drug-likeness (QED) is 0.658. The van der Waals surface area contributed by atoms with Crippen molar-refractivity contribution in [2.45, 2.75) is 24.7 Å². The van der Waals surface area contributed by atoms with E-state index in [4.69, 9.17) is 14.6 Å². The number of amides is 1. The largest absolute Gasteiger partial charge is 0.394 e. The van der Waals surface area contributed by atoms with Crippen LogP contribution in [-0.4, -0.2) is 78.9 Å². The minimum absolute atomic E-state index is 0.274. The number of morpholine rings is 1. The molecule has 2 aliphatic heterocycles. The van der Waals surface area contributed by atoms with Gasteiger partial charge in [0.25, 0.3) is 5.91 Å². The number of nitrogens with zero attached hydrogens (tertiary/aromatic N) is 2. The lowest BCUT2D eigenvalue weighted by Crippen LogP contribution is -2.54. The van der Waals surface area contributed by atoms with E-state index in [1.807, 2.05) is 6.07 Å². The van der Waals surface area contributed by atoms with Gasteiger partial charge in [-0.05, 0) is 18.6 Å². The van der Waals surface area contributed by atoms with Crippen molar-refractivity contribution < 1.29 is 24.5 Å². The average Bonchev–Trinajstić information content (AvgIpc) is 2.64. The monoisotopic (exact) mass is 337 g/mol. The molecule has 3 atom stereocenters. The lowest BCUT2D eigenvalue weighted by Gasteiger charge is -2.34. The smallest absolute Gasteiger partial charge is 0.253 e. The van der Waals surface area contributed by atoms with Crippen molar-refractivity contribution in [1.29, 1.82) is 0 Å². The molecular formula is C16H23N3O5. The van der Waals surface area contributed by atoms with Gasteiger partial charge in [0.15, 0.2) is 0 Å². The Labute approximate surface area is 140 Å². The van der Waals surface area contributed by atoms with Gasteiger partial charge >= 0.3 is 0 Å². The Kier molecular flexibility index (Phi) is 5.62. The third-order valence-corrected chi connectivity index (χ3v) is 4.40. The topological polar surface area (TPSA) is 104 Å². The molecule has 2 saturated heterocycles. The summed E-state index contributed by atoms with van der Waals surface area (Å²) < 4.78 is 10.6. The second-order valence-corrected chi connectivity index (χ2v) is 5.96. The van der Waals surface area contributed by atoms with Crippen LogP contribution < -0.4 is 10.2 Å². The van der Waals surface area contributed by atoms with Gasteiger partial charge in [-0.15, -0.1) is 0 Å². The highest BCUT2D eigenvalue weighted by molar-refractivity contribution is 5.94. The number of rotatable bonds is 4. The van der Waals surface area contributed by atoms with E-state index >= 15 is 0 Å². The van der Waals surface area contributed by atoms with Gasteiger partial charge in [-0.2, -0.15) is 0 Å². The fraction of sp³-hybridized carbons (Fsp3) is 0.625. The molecule has 0 spiro atoms. The Bertz CT molecular complexity index is 547. The molecule has 1 aromatic heterocycles. The number of carbonyl (C=O) groups excluding carboxylic acids is 1. The second-order valence-electron chi connectivity index (χ2n) is 5.96. The first-order valence-corrected chi connectivity index (χ1v) is 8.19. The van der Waals surface area contributed by atoms with Crippen LogP contribution in [0.15, 0.2) is 18.3 Å². The first kappa shape index (κ1) is 17.1. The molecule has 2 aliphatic rings. The Morgan fingerprint density at radius 3 is 2.79 bits per heavy atom. The van der Waals surface area contributed by atoms with Crippen molar-refractivity contribution in [3.05, 3.63) is 23.9 Å². The minimum Gasteiger partial charge on any atom is -0.394 e. The molecule has 8 heteroatoms. The lowest BCUT2D eigenvalue weighted by atomic mass is 9.99. The minimum atomic E-state index is -0.923. The summed E-state index contributed by atoms with van der Waals surface area (Å²) >= 11 is 0. The molecular weight excluding hydrogens is 314 g/mol. The molecule has 3 N–H and O–H groups in total. The highest BCUT2D eigenvalue weighted by Crippen LogP contribution is 2.16. The molecule has 0 saturated carbocycles. The van der Waals surface area contributed by atoms with E-state index in [-0.39, 0.29) is 12.5 Å². The summed E-state index contributed by atoms with van der Waals surface area (Å²) in [6, 6.07) is 3.10. The van der Waals surface area contributed by atoms with Gasteiger partial charge in [-0.1, -0.05) is 0 Å². The van der Waals surface area contributed by atoms with Crippen LogP contribution in [0.25, 0.3) is 0 Å². The van der Waals surface area contributed by atoms with E-state index in [0.717, 1.165) is 18.9 Å². The van der Waals surface area contributed by atoms with Crippen molar-refractivity contribution in [3.63, 3.8) is 0 Å². The van der Waals surface area contributed by atoms with Gasteiger partial charge in [0.05, 0.1) is 31.4 Å². The number of anilines is 1. The predicted molar refractivity (Wildman–Crippen MR) is 86.0 cm³/mol. The number of pyridine rings is 1. The van der Waals surface area contributed by atoms with Crippen LogP contribution in [0.3, 0.4) is 0 Å². The maximum atomic E-state index is 12.3. The third-order valence-electron chi connectivity index (χ3n) is 4.40. The van der Waals surface area contributed by atoms with Gasteiger partial charge in [-0.25, -0.2) is 4.98 Å². The van der Waals surface area contributed by atoms with E-state index in [2.05, 4.69) is 15.2 Å². The maximum absolute atomic E-state index is 12.3. The zero-order chi connectivity index (χ0) is 16.9. The van der Waals surface area contributed by atoms with Crippen molar-refractivity contribution in [3.8, 4) is 0 Å². The number of nitrogens with one attached hydrogen (secondary N) is 1. The van der Waals surface area contributed by atoms with E-state index < -0.39 is 18.2 Å². The Hall–Kier alpha value is -1.74. The molecule has 0 unspecified atom stereocenters. The van der Waals surface area contributed by atoms with Crippen LogP contribution >= 0.6 is 0 Å². The average molecular weight is 337 g/mol. The molecule has 0 aliphatic carbocycles. The second kappa shape index (κ2) is 7.89. The number of aromatic nitrogens is 1. The maximum Gasteiger partial charge on any atom is 0.253 e. The standard InChI is InChI=1S/C16H23N3O5/c20-10-13-15(21)12(3-6-24-13)18-16(22)11-1-2-14(17-9-11)19-4-7-23-8-5-19/h1-2,9,12-13,15,20-21H,3-8,10H2,(H,18,22)/t12-,13+,15-/m0/s1. The van der Waals surface area contributed by atoms with Gasteiger partial charge in [0.1, 0.15) is 18.0 Å². The normalized spacial score (nSPS) is 27.8. The van der Waals surface area contributed by atoms with Crippen LogP contribution in [0.4, 0.5) is 5.82 Å². The fourth-order valence-corrected chi connectivity index (χ4v) is 2.94. The molecule has 24 heavy (non-hydrogen) atoms. The summed E-state index contributed by atoms with van der Waals surface area (Å²) in [5.41, 5.74) is 0.436. The molecule has 2 fully saturated rings. The van der Waals surface area contributed by atoms with Crippen molar-refractivity contribution >= 4 is 11.7 Å². The summed E-state index contributed by atoms with van der Waals surface area (Å²) in [6.45, 7) is 3.05. The van der Waals surface area contributed by atoms with Crippen LogP contribution in [0.5, 0.6) is 0 Å². The van der Waals surface area contributed by atoms with E-state index in [1.54, 1.807) is 6.07 Å². The zero-order valence-corrected chi connectivity index (χ0v) is 13.4. The predicted octanol–water partition coefficient (Wildman–Crippen LogP) is -0.841. The van der Waals surface area contributed by atoms with Crippen LogP contribution in [0.2, 0.25) is 0 Å². The van der Waals surface area contributed by atoms with E-state index in [1.165, 1.54) is 6.20 Å². The molecule has 132 valence electrons. The molecule has 8 nitrogen and oxygen atoms in total. The molecule has 3 heterocycles. The third kappa shape index (κ3) is 3.84. The SMILES string of the molecule is O=C(N[C@H]1CCO[C@H](CO)[C@H]1O)c1ccc(N2CCOCC2)nc1. The van der Waals surface area contributed by atoms with Gasteiger partial charge in [0.2, 0.25) is 0 Å². The fourth-order valence-electron chi connectivity index (χ4n) is 2.94. The van der Waals surface area contributed by atoms with Crippen molar-refractivity contribution in [2.24, 2.45) is 0 Å². The molecule has 0 aromatic carbocycles. The van der Waals surface area contributed by atoms with E-state index in [0.29, 0.717) is 31.8 Å². The Morgan fingerprint density at radius 2 is 2.12 bits per heavy atom.